The highest BCUT2D eigenvalue weighted by molar-refractivity contribution is 5.97. The van der Waals surface area contributed by atoms with E-state index in [1.165, 1.54) is 6.92 Å². The molecule has 22 heavy (non-hydrogen) atoms. The van der Waals surface area contributed by atoms with E-state index < -0.39 is 0 Å². The van der Waals surface area contributed by atoms with Gasteiger partial charge >= 0.3 is 0 Å². The van der Waals surface area contributed by atoms with Gasteiger partial charge in [-0.2, -0.15) is 0 Å². The molecule has 0 radical (unpaired) electrons. The number of nitrogens with one attached hydrogen (secondary N) is 2. The second-order valence-corrected chi connectivity index (χ2v) is 5.48. The van der Waals surface area contributed by atoms with Crippen molar-refractivity contribution < 1.29 is 14.0 Å². The number of aryl methyl sites for hydroxylation is 1. The molecule has 1 aliphatic rings. The van der Waals surface area contributed by atoms with Crippen LogP contribution in [0.25, 0.3) is 0 Å². The van der Waals surface area contributed by atoms with Gasteiger partial charge in [0.15, 0.2) is 0 Å². The molecule has 2 N–H and O–H groups in total. The standard InChI is InChI=1S/C17H18N2O3/c1-11(20)18-13-5-2-4-12(10-13)17(21)19-15-6-3-7-16-14(15)8-9-22-16/h2,4-5,8-10,15H,3,6-7H2,1H3,(H,18,20)(H,19,21)/t15-/m0/s1. The van der Waals surface area contributed by atoms with Gasteiger partial charge in [-0.15, -0.1) is 0 Å². The van der Waals surface area contributed by atoms with Crippen molar-refractivity contribution in [3.8, 4) is 0 Å². The van der Waals surface area contributed by atoms with Gasteiger partial charge in [-0.25, -0.2) is 0 Å². The molecule has 1 aromatic heterocycles. The van der Waals surface area contributed by atoms with Crippen LogP contribution in [0.1, 0.15) is 47.5 Å². The molecule has 0 spiro atoms. The van der Waals surface area contributed by atoms with Crippen molar-refractivity contribution in [3.63, 3.8) is 0 Å². The summed E-state index contributed by atoms with van der Waals surface area (Å²) in [6.45, 7) is 1.44. The summed E-state index contributed by atoms with van der Waals surface area (Å²) in [5.74, 6) is 0.655. The van der Waals surface area contributed by atoms with Crippen LogP contribution in [0.5, 0.6) is 0 Å². The van der Waals surface area contributed by atoms with Crippen molar-refractivity contribution in [2.75, 3.05) is 5.32 Å². The summed E-state index contributed by atoms with van der Waals surface area (Å²) in [5, 5.41) is 5.73. The van der Waals surface area contributed by atoms with E-state index in [0.29, 0.717) is 11.3 Å². The third-order valence-corrected chi connectivity index (χ3v) is 3.80. The third kappa shape index (κ3) is 3.03. The van der Waals surface area contributed by atoms with Crippen molar-refractivity contribution in [2.24, 2.45) is 0 Å². The summed E-state index contributed by atoms with van der Waals surface area (Å²) >= 11 is 0. The molecule has 0 fully saturated rings. The minimum atomic E-state index is -0.159. The second-order valence-electron chi connectivity index (χ2n) is 5.48. The Hall–Kier alpha value is -2.56. The molecule has 2 aromatic rings. The van der Waals surface area contributed by atoms with Crippen LogP contribution in [0.4, 0.5) is 5.69 Å². The molecule has 1 heterocycles. The van der Waals surface area contributed by atoms with E-state index in [4.69, 9.17) is 4.42 Å². The molecular formula is C17H18N2O3. The van der Waals surface area contributed by atoms with Crippen LogP contribution < -0.4 is 10.6 Å². The average Bonchev–Trinajstić information content (AvgIpc) is 2.96. The molecular weight excluding hydrogens is 280 g/mol. The SMILES string of the molecule is CC(=O)Nc1cccc(C(=O)N[C@H]2CCCc3occc32)c1. The van der Waals surface area contributed by atoms with E-state index in [9.17, 15) is 9.59 Å². The van der Waals surface area contributed by atoms with Crippen LogP contribution in [0.15, 0.2) is 41.0 Å². The van der Waals surface area contributed by atoms with Crippen LogP contribution in [0, 0.1) is 0 Å². The summed E-state index contributed by atoms with van der Waals surface area (Å²) in [6.07, 6.45) is 4.50. The Morgan fingerprint density at radius 3 is 2.95 bits per heavy atom. The third-order valence-electron chi connectivity index (χ3n) is 3.80. The predicted octanol–water partition coefficient (Wildman–Crippen LogP) is 3.05. The summed E-state index contributed by atoms with van der Waals surface area (Å²) in [7, 11) is 0. The van der Waals surface area contributed by atoms with Gasteiger partial charge in [0.2, 0.25) is 5.91 Å². The van der Waals surface area contributed by atoms with Crippen molar-refractivity contribution in [3.05, 3.63) is 53.5 Å². The van der Waals surface area contributed by atoms with E-state index in [1.807, 2.05) is 6.07 Å². The maximum absolute atomic E-state index is 12.4. The zero-order chi connectivity index (χ0) is 15.5. The van der Waals surface area contributed by atoms with E-state index >= 15 is 0 Å². The molecule has 114 valence electrons. The van der Waals surface area contributed by atoms with Crippen LogP contribution in [-0.2, 0) is 11.2 Å². The summed E-state index contributed by atoms with van der Waals surface area (Å²) in [6, 6.07) is 8.83. The van der Waals surface area contributed by atoms with E-state index in [2.05, 4.69) is 10.6 Å². The number of benzene rings is 1. The Balaban J connectivity index is 1.74. The number of carbonyl (C=O) groups excluding carboxylic acids is 2. The number of carbonyl (C=O) groups is 2. The first-order chi connectivity index (χ1) is 10.6. The molecule has 0 unspecified atom stereocenters. The maximum atomic E-state index is 12.4. The number of hydrogen-bond acceptors (Lipinski definition) is 3. The van der Waals surface area contributed by atoms with Crippen LogP contribution in [0.3, 0.4) is 0 Å². The van der Waals surface area contributed by atoms with Gasteiger partial charge in [0.25, 0.3) is 5.91 Å². The van der Waals surface area contributed by atoms with Crippen molar-refractivity contribution in [2.45, 2.75) is 32.2 Å². The number of rotatable bonds is 3. The molecule has 0 saturated heterocycles. The summed E-state index contributed by atoms with van der Waals surface area (Å²) < 4.78 is 5.44. The first kappa shape index (κ1) is 14.4. The Labute approximate surface area is 128 Å². The normalized spacial score (nSPS) is 16.7. The molecule has 2 amide bonds. The Bertz CT molecular complexity index is 705. The van der Waals surface area contributed by atoms with Gasteiger partial charge in [0.05, 0.1) is 12.3 Å². The fraction of sp³-hybridized carbons (Fsp3) is 0.294. The molecule has 3 rings (SSSR count). The first-order valence-corrected chi connectivity index (χ1v) is 7.38. The Kier molecular flexibility index (Phi) is 3.96. The van der Waals surface area contributed by atoms with E-state index in [1.54, 1.807) is 30.5 Å². The zero-order valence-electron chi connectivity index (χ0n) is 12.4. The van der Waals surface area contributed by atoms with Gasteiger partial charge < -0.3 is 15.1 Å². The largest absolute Gasteiger partial charge is 0.469 e. The topological polar surface area (TPSA) is 71.3 Å². The zero-order valence-corrected chi connectivity index (χ0v) is 12.4. The Morgan fingerprint density at radius 2 is 2.14 bits per heavy atom. The smallest absolute Gasteiger partial charge is 0.251 e. The molecule has 0 bridgehead atoms. The number of amides is 2. The maximum Gasteiger partial charge on any atom is 0.251 e. The number of furan rings is 1. The lowest BCUT2D eigenvalue weighted by Gasteiger charge is -2.22. The quantitative estimate of drug-likeness (QED) is 0.915. The molecule has 5 heteroatoms. The van der Waals surface area contributed by atoms with Gasteiger partial charge in [0, 0.05) is 30.2 Å². The molecule has 1 atom stereocenters. The minimum absolute atomic E-state index is 0.0144. The highest BCUT2D eigenvalue weighted by Crippen LogP contribution is 2.30. The fourth-order valence-electron chi connectivity index (χ4n) is 2.82. The van der Waals surface area contributed by atoms with E-state index in [0.717, 1.165) is 30.6 Å². The predicted molar refractivity (Wildman–Crippen MR) is 82.6 cm³/mol. The second kappa shape index (κ2) is 6.05. The lowest BCUT2D eigenvalue weighted by molar-refractivity contribution is -0.114. The first-order valence-electron chi connectivity index (χ1n) is 7.38. The molecule has 5 nitrogen and oxygen atoms in total. The van der Waals surface area contributed by atoms with Gasteiger partial charge in [-0.05, 0) is 37.1 Å². The highest BCUT2D eigenvalue weighted by Gasteiger charge is 2.24. The monoisotopic (exact) mass is 298 g/mol. The lowest BCUT2D eigenvalue weighted by Crippen LogP contribution is -2.30. The van der Waals surface area contributed by atoms with Crippen LogP contribution in [-0.4, -0.2) is 11.8 Å². The number of hydrogen-bond donors (Lipinski definition) is 2. The average molecular weight is 298 g/mol. The number of fused-ring (bicyclic) bond motifs is 1. The summed E-state index contributed by atoms with van der Waals surface area (Å²) in [5.41, 5.74) is 2.22. The van der Waals surface area contributed by atoms with Crippen LogP contribution >= 0.6 is 0 Å². The van der Waals surface area contributed by atoms with Crippen molar-refractivity contribution in [1.29, 1.82) is 0 Å². The number of anilines is 1. The molecule has 0 aliphatic heterocycles. The molecule has 0 saturated carbocycles. The van der Waals surface area contributed by atoms with Crippen molar-refractivity contribution >= 4 is 17.5 Å². The van der Waals surface area contributed by atoms with Gasteiger partial charge in [-0.1, -0.05) is 6.07 Å². The Morgan fingerprint density at radius 1 is 1.27 bits per heavy atom. The highest BCUT2D eigenvalue weighted by atomic mass is 16.3. The van der Waals surface area contributed by atoms with Gasteiger partial charge in [-0.3, -0.25) is 9.59 Å². The summed E-state index contributed by atoms with van der Waals surface area (Å²) in [4.78, 5) is 23.5. The minimum Gasteiger partial charge on any atom is -0.469 e. The van der Waals surface area contributed by atoms with Gasteiger partial charge in [0.1, 0.15) is 5.76 Å². The lowest BCUT2D eigenvalue weighted by atomic mass is 9.93. The fourth-order valence-corrected chi connectivity index (χ4v) is 2.82. The van der Waals surface area contributed by atoms with Crippen LogP contribution in [0.2, 0.25) is 0 Å². The molecule has 1 aromatic carbocycles. The van der Waals surface area contributed by atoms with Crippen molar-refractivity contribution in [1.82, 2.24) is 5.32 Å². The van der Waals surface area contributed by atoms with E-state index in [-0.39, 0.29) is 17.9 Å². The molecule has 1 aliphatic carbocycles.